The molecule has 3 aromatic rings. The van der Waals surface area contributed by atoms with Crippen LogP contribution in [0.3, 0.4) is 0 Å². The average Bonchev–Trinajstić information content (AvgIpc) is 2.79. The second-order valence-electron chi connectivity index (χ2n) is 7.68. The number of benzene rings is 1. The summed E-state index contributed by atoms with van der Waals surface area (Å²) >= 11 is 0. The van der Waals surface area contributed by atoms with Gasteiger partial charge in [0.2, 0.25) is 5.91 Å². The largest absolute Gasteiger partial charge is 0.368 e. The van der Waals surface area contributed by atoms with Gasteiger partial charge in [0.05, 0.1) is 17.2 Å². The fraction of sp³-hybridized carbons (Fsp3) is 0.409. The van der Waals surface area contributed by atoms with Gasteiger partial charge >= 0.3 is 0 Å². The summed E-state index contributed by atoms with van der Waals surface area (Å²) in [5, 5.41) is 6.58. The summed E-state index contributed by atoms with van der Waals surface area (Å²) in [6, 6.07) is 9.06. The number of nitrogens with one attached hydrogen (secondary N) is 2. The van der Waals surface area contributed by atoms with E-state index in [1.807, 2.05) is 19.1 Å². The minimum absolute atomic E-state index is 0.0671. The summed E-state index contributed by atoms with van der Waals surface area (Å²) in [6.45, 7) is 4.80. The Hall–Kier alpha value is -3.49. The number of fused-ring (bicyclic) bond motifs is 1. The van der Waals surface area contributed by atoms with E-state index in [1.165, 1.54) is 30.2 Å². The zero-order valence-electron chi connectivity index (χ0n) is 17.7. The fourth-order valence-electron chi connectivity index (χ4n) is 3.75. The third-order valence-corrected chi connectivity index (χ3v) is 5.30. The molecule has 1 saturated heterocycles. The molecule has 0 unspecified atom stereocenters. The maximum Gasteiger partial charge on any atom is 0.261 e. The van der Waals surface area contributed by atoms with Crippen LogP contribution < -0.4 is 21.1 Å². The molecule has 1 aromatic carbocycles. The van der Waals surface area contributed by atoms with Gasteiger partial charge in [-0.25, -0.2) is 15.0 Å². The molecule has 1 fully saturated rings. The minimum atomic E-state index is -0.242. The van der Waals surface area contributed by atoms with Gasteiger partial charge in [0.15, 0.2) is 0 Å². The van der Waals surface area contributed by atoms with Crippen LogP contribution in [0.1, 0.15) is 25.1 Å². The Balaban J connectivity index is 1.29. The molecule has 4 rings (SSSR count). The molecule has 9 heteroatoms. The van der Waals surface area contributed by atoms with E-state index in [0.29, 0.717) is 24.0 Å². The van der Waals surface area contributed by atoms with Crippen LogP contribution in [0.15, 0.2) is 41.5 Å². The van der Waals surface area contributed by atoms with Crippen molar-refractivity contribution in [3.8, 4) is 0 Å². The first kappa shape index (κ1) is 20.8. The second kappa shape index (κ2) is 9.55. The van der Waals surface area contributed by atoms with Crippen LogP contribution in [-0.2, 0) is 11.3 Å². The van der Waals surface area contributed by atoms with Gasteiger partial charge in [0, 0.05) is 32.2 Å². The highest BCUT2D eigenvalue weighted by Gasteiger charge is 2.14. The lowest BCUT2D eigenvalue weighted by Crippen LogP contribution is -2.35. The molecular formula is C22H27N7O2. The summed E-state index contributed by atoms with van der Waals surface area (Å²) in [4.78, 5) is 40.3. The average molecular weight is 422 g/mol. The summed E-state index contributed by atoms with van der Waals surface area (Å²) in [7, 11) is 0. The molecule has 0 aliphatic carbocycles. The van der Waals surface area contributed by atoms with E-state index in [-0.39, 0.29) is 18.0 Å². The Morgan fingerprint density at radius 1 is 1.10 bits per heavy atom. The van der Waals surface area contributed by atoms with Crippen molar-refractivity contribution in [2.75, 3.05) is 36.4 Å². The number of piperidine rings is 1. The van der Waals surface area contributed by atoms with Crippen LogP contribution in [-0.4, -0.2) is 51.6 Å². The van der Waals surface area contributed by atoms with Crippen LogP contribution in [0, 0.1) is 6.92 Å². The zero-order chi connectivity index (χ0) is 21.6. The molecule has 1 aliphatic rings. The lowest BCUT2D eigenvalue weighted by molar-refractivity contribution is -0.121. The van der Waals surface area contributed by atoms with Crippen molar-refractivity contribution in [1.29, 1.82) is 0 Å². The predicted octanol–water partition coefficient (Wildman–Crippen LogP) is 1.71. The Morgan fingerprint density at radius 2 is 1.90 bits per heavy atom. The first-order chi connectivity index (χ1) is 15.1. The van der Waals surface area contributed by atoms with Crippen molar-refractivity contribution in [2.24, 2.45) is 0 Å². The fourth-order valence-corrected chi connectivity index (χ4v) is 3.75. The topological polar surface area (TPSA) is 105 Å². The standard InChI is InChI=1S/C22H27N7O2/c1-16-26-19(13-20(27-16)28-11-5-2-6-12-28)23-9-10-24-21(30)14-29-15-25-18-8-4-3-7-17(18)22(29)31/h3-4,7-8,13,15H,2,5-6,9-12,14H2,1H3,(H,24,30)(H,23,26,27). The number of anilines is 2. The minimum Gasteiger partial charge on any atom is -0.368 e. The van der Waals surface area contributed by atoms with Gasteiger partial charge in [-0.05, 0) is 38.3 Å². The molecule has 162 valence electrons. The number of para-hydroxylation sites is 1. The van der Waals surface area contributed by atoms with Gasteiger partial charge in [0.25, 0.3) is 5.56 Å². The molecule has 31 heavy (non-hydrogen) atoms. The van der Waals surface area contributed by atoms with Crippen LogP contribution >= 0.6 is 0 Å². The molecule has 0 spiro atoms. The number of aromatic nitrogens is 4. The molecule has 0 bridgehead atoms. The summed E-state index contributed by atoms with van der Waals surface area (Å²) in [5.74, 6) is 2.17. The maximum atomic E-state index is 12.5. The van der Waals surface area contributed by atoms with E-state index < -0.39 is 0 Å². The van der Waals surface area contributed by atoms with Crippen molar-refractivity contribution in [3.63, 3.8) is 0 Å². The number of aryl methyl sites for hydroxylation is 1. The summed E-state index contributed by atoms with van der Waals surface area (Å²) in [6.07, 6.45) is 5.06. The number of rotatable bonds is 7. The number of carbonyl (C=O) groups is 1. The number of carbonyl (C=O) groups excluding carboxylic acids is 1. The highest BCUT2D eigenvalue weighted by Crippen LogP contribution is 2.20. The molecule has 2 aromatic heterocycles. The van der Waals surface area contributed by atoms with Gasteiger partial charge in [-0.15, -0.1) is 0 Å². The van der Waals surface area contributed by atoms with E-state index >= 15 is 0 Å². The number of amides is 1. The highest BCUT2D eigenvalue weighted by atomic mass is 16.2. The normalized spacial score (nSPS) is 13.9. The van der Waals surface area contributed by atoms with Gasteiger partial charge in [-0.3, -0.25) is 14.2 Å². The SMILES string of the molecule is Cc1nc(NCCNC(=O)Cn2cnc3ccccc3c2=O)cc(N2CCCCC2)n1. The smallest absolute Gasteiger partial charge is 0.261 e. The van der Waals surface area contributed by atoms with Crippen molar-refractivity contribution in [1.82, 2.24) is 24.8 Å². The first-order valence-electron chi connectivity index (χ1n) is 10.7. The Kier molecular flexibility index (Phi) is 6.40. The molecule has 0 saturated carbocycles. The van der Waals surface area contributed by atoms with Crippen molar-refractivity contribution in [2.45, 2.75) is 32.7 Å². The number of hydrogen-bond acceptors (Lipinski definition) is 7. The lowest BCUT2D eigenvalue weighted by atomic mass is 10.1. The van der Waals surface area contributed by atoms with Crippen LogP contribution in [0.5, 0.6) is 0 Å². The van der Waals surface area contributed by atoms with E-state index in [2.05, 4.69) is 30.5 Å². The molecule has 0 atom stereocenters. The van der Waals surface area contributed by atoms with Gasteiger partial charge in [-0.2, -0.15) is 0 Å². The molecule has 0 radical (unpaired) electrons. The molecule has 2 N–H and O–H groups in total. The summed E-state index contributed by atoms with van der Waals surface area (Å²) in [5.41, 5.74) is 0.401. The van der Waals surface area contributed by atoms with Crippen LogP contribution in [0.4, 0.5) is 11.6 Å². The molecule has 3 heterocycles. The molecule has 1 amide bonds. The monoisotopic (exact) mass is 421 g/mol. The number of nitrogens with zero attached hydrogens (tertiary/aromatic N) is 5. The molecule has 9 nitrogen and oxygen atoms in total. The maximum absolute atomic E-state index is 12.5. The quantitative estimate of drug-likeness (QED) is 0.560. The molecule has 1 aliphatic heterocycles. The lowest BCUT2D eigenvalue weighted by Gasteiger charge is -2.28. The summed E-state index contributed by atoms with van der Waals surface area (Å²) < 4.78 is 1.32. The predicted molar refractivity (Wildman–Crippen MR) is 120 cm³/mol. The number of hydrogen-bond donors (Lipinski definition) is 2. The van der Waals surface area contributed by atoms with Gasteiger partial charge in [-0.1, -0.05) is 12.1 Å². The van der Waals surface area contributed by atoms with Gasteiger partial charge < -0.3 is 15.5 Å². The Bertz CT molecular complexity index is 1120. The first-order valence-corrected chi connectivity index (χ1v) is 10.7. The molecular weight excluding hydrogens is 394 g/mol. The third-order valence-electron chi connectivity index (χ3n) is 5.30. The Labute approximate surface area is 180 Å². The second-order valence-corrected chi connectivity index (χ2v) is 7.68. The van der Waals surface area contributed by atoms with E-state index in [4.69, 9.17) is 0 Å². The Morgan fingerprint density at radius 3 is 2.74 bits per heavy atom. The van der Waals surface area contributed by atoms with Crippen LogP contribution in [0.25, 0.3) is 10.9 Å². The van der Waals surface area contributed by atoms with Crippen molar-refractivity contribution >= 4 is 28.4 Å². The van der Waals surface area contributed by atoms with Crippen molar-refractivity contribution < 1.29 is 4.79 Å². The van der Waals surface area contributed by atoms with E-state index in [0.717, 1.165) is 30.5 Å². The third kappa shape index (κ3) is 5.17. The van der Waals surface area contributed by atoms with Crippen molar-refractivity contribution in [3.05, 3.63) is 52.8 Å². The van der Waals surface area contributed by atoms with E-state index in [9.17, 15) is 9.59 Å². The van der Waals surface area contributed by atoms with Crippen LogP contribution in [0.2, 0.25) is 0 Å². The van der Waals surface area contributed by atoms with Gasteiger partial charge in [0.1, 0.15) is 24.0 Å². The highest BCUT2D eigenvalue weighted by molar-refractivity contribution is 5.78. The zero-order valence-corrected chi connectivity index (χ0v) is 17.7. The van der Waals surface area contributed by atoms with E-state index in [1.54, 1.807) is 18.2 Å².